The Bertz CT molecular complexity index is 598. The van der Waals surface area contributed by atoms with E-state index in [2.05, 4.69) is 4.98 Å². The molecule has 1 aromatic heterocycles. The molecule has 0 atom stereocenters. The van der Waals surface area contributed by atoms with Crippen LogP contribution in [0.4, 0.5) is 19.4 Å². The van der Waals surface area contributed by atoms with Crippen LogP contribution < -0.4 is 4.90 Å². The van der Waals surface area contributed by atoms with Gasteiger partial charge in [-0.3, -0.25) is 0 Å². The highest BCUT2D eigenvalue weighted by Gasteiger charge is 2.61. The van der Waals surface area contributed by atoms with Crippen LogP contribution in [0.5, 0.6) is 0 Å². The maximum Gasteiger partial charge on any atom is 0.407 e. The Morgan fingerprint density at radius 3 is 2.45 bits per heavy atom. The fourth-order valence-corrected chi connectivity index (χ4v) is 3.87. The normalized spacial score (nSPS) is 25.4. The lowest BCUT2D eigenvalue weighted by atomic mass is 9.61. The molecular weight excluding hydrogens is 292 g/mol. The van der Waals surface area contributed by atoms with Gasteiger partial charge in [0.05, 0.1) is 0 Å². The molecule has 1 spiro atoms. The Labute approximate surface area is 126 Å². The van der Waals surface area contributed by atoms with Crippen molar-refractivity contribution in [3.05, 3.63) is 23.9 Å². The van der Waals surface area contributed by atoms with Gasteiger partial charge in [-0.25, -0.2) is 18.6 Å². The van der Waals surface area contributed by atoms with Crippen LogP contribution in [0, 0.1) is 5.41 Å². The largest absolute Gasteiger partial charge is 0.465 e. The number of pyridine rings is 1. The summed E-state index contributed by atoms with van der Waals surface area (Å²) in [4.78, 5) is 18.5. The van der Waals surface area contributed by atoms with Crippen LogP contribution in [0.3, 0.4) is 0 Å². The molecule has 0 aromatic carbocycles. The number of rotatable bonds is 2. The Kier molecular flexibility index (Phi) is 2.68. The molecule has 0 radical (unpaired) electrons. The first-order valence-corrected chi connectivity index (χ1v) is 7.43. The third kappa shape index (κ3) is 2.10. The average Bonchev–Trinajstić information content (AvgIpc) is 2.31. The molecule has 4 rings (SSSR count). The predicted molar refractivity (Wildman–Crippen MR) is 75.4 cm³/mol. The van der Waals surface area contributed by atoms with Gasteiger partial charge in [0, 0.05) is 56.6 Å². The second-order valence-corrected chi connectivity index (χ2v) is 6.90. The number of hydrogen-bond acceptors (Lipinski definition) is 3. The Balaban J connectivity index is 1.33. The van der Waals surface area contributed by atoms with Crippen molar-refractivity contribution in [3.63, 3.8) is 0 Å². The van der Waals surface area contributed by atoms with E-state index in [-0.39, 0.29) is 24.2 Å². The van der Waals surface area contributed by atoms with Crippen LogP contribution in [0.15, 0.2) is 18.3 Å². The van der Waals surface area contributed by atoms with E-state index in [1.54, 1.807) is 6.20 Å². The van der Waals surface area contributed by atoms with E-state index in [1.165, 1.54) is 4.90 Å². The van der Waals surface area contributed by atoms with Crippen molar-refractivity contribution in [2.24, 2.45) is 5.41 Å². The quantitative estimate of drug-likeness (QED) is 0.911. The fraction of sp³-hybridized carbons (Fsp3) is 0.600. The van der Waals surface area contributed by atoms with Crippen molar-refractivity contribution in [3.8, 4) is 0 Å². The first-order chi connectivity index (χ1) is 10.4. The molecule has 2 aliphatic heterocycles. The molecule has 1 aromatic rings. The number of halogens is 2. The Morgan fingerprint density at radius 1 is 1.27 bits per heavy atom. The number of nitrogens with zero attached hydrogens (tertiary/aromatic N) is 3. The number of carbonyl (C=O) groups is 1. The van der Waals surface area contributed by atoms with E-state index < -0.39 is 12.0 Å². The van der Waals surface area contributed by atoms with Crippen molar-refractivity contribution in [2.45, 2.75) is 24.7 Å². The SMILES string of the molecule is O=C(O)N1CC(c2ccc(N3CC4(C3)CC(F)(F)C4)nc2)C1. The lowest BCUT2D eigenvalue weighted by Gasteiger charge is -2.59. The lowest BCUT2D eigenvalue weighted by molar-refractivity contribution is -0.170. The number of amides is 1. The summed E-state index contributed by atoms with van der Waals surface area (Å²) < 4.78 is 26.0. The monoisotopic (exact) mass is 309 g/mol. The summed E-state index contributed by atoms with van der Waals surface area (Å²) in [5, 5.41) is 8.82. The van der Waals surface area contributed by atoms with Gasteiger partial charge in [0.2, 0.25) is 5.92 Å². The molecule has 7 heteroatoms. The summed E-state index contributed by atoms with van der Waals surface area (Å²) in [5.41, 5.74) is 0.839. The topological polar surface area (TPSA) is 56.7 Å². The summed E-state index contributed by atoms with van der Waals surface area (Å²) in [6.07, 6.45) is 0.895. The van der Waals surface area contributed by atoms with Crippen molar-refractivity contribution in [1.29, 1.82) is 0 Å². The first kappa shape index (κ1) is 13.7. The van der Waals surface area contributed by atoms with Gasteiger partial charge in [-0.15, -0.1) is 0 Å². The van der Waals surface area contributed by atoms with E-state index >= 15 is 0 Å². The molecule has 2 saturated heterocycles. The van der Waals surface area contributed by atoms with E-state index in [0.717, 1.165) is 11.4 Å². The second-order valence-electron chi connectivity index (χ2n) is 6.90. The molecule has 5 nitrogen and oxygen atoms in total. The van der Waals surface area contributed by atoms with E-state index in [9.17, 15) is 13.6 Å². The Morgan fingerprint density at radius 2 is 1.95 bits per heavy atom. The minimum Gasteiger partial charge on any atom is -0.465 e. The predicted octanol–water partition coefficient (Wildman–Crippen LogP) is 2.39. The van der Waals surface area contributed by atoms with E-state index in [0.29, 0.717) is 26.2 Å². The smallest absolute Gasteiger partial charge is 0.407 e. The zero-order valence-electron chi connectivity index (χ0n) is 12.0. The molecule has 1 amide bonds. The van der Waals surface area contributed by atoms with Crippen molar-refractivity contribution < 1.29 is 18.7 Å². The average molecular weight is 309 g/mol. The first-order valence-electron chi connectivity index (χ1n) is 7.43. The third-order valence-electron chi connectivity index (χ3n) is 5.04. The number of alkyl halides is 2. The van der Waals surface area contributed by atoms with Gasteiger partial charge in [-0.2, -0.15) is 0 Å². The van der Waals surface area contributed by atoms with Crippen LogP contribution in [0.25, 0.3) is 0 Å². The summed E-state index contributed by atoms with van der Waals surface area (Å²) in [6, 6.07) is 3.87. The number of likely N-dealkylation sites (tertiary alicyclic amines) is 1. The van der Waals surface area contributed by atoms with Crippen molar-refractivity contribution in [1.82, 2.24) is 9.88 Å². The van der Waals surface area contributed by atoms with Crippen molar-refractivity contribution >= 4 is 11.9 Å². The van der Waals surface area contributed by atoms with E-state index in [4.69, 9.17) is 5.11 Å². The van der Waals surface area contributed by atoms with Crippen LogP contribution in [0.1, 0.15) is 24.3 Å². The summed E-state index contributed by atoms with van der Waals surface area (Å²) in [6.45, 7) is 2.34. The molecule has 1 saturated carbocycles. The van der Waals surface area contributed by atoms with E-state index in [1.807, 2.05) is 17.0 Å². The fourth-order valence-electron chi connectivity index (χ4n) is 3.87. The zero-order valence-corrected chi connectivity index (χ0v) is 12.0. The maximum absolute atomic E-state index is 13.0. The molecule has 1 N–H and O–H groups in total. The maximum atomic E-state index is 13.0. The summed E-state index contributed by atoms with van der Waals surface area (Å²) in [5.74, 6) is -1.44. The molecule has 3 fully saturated rings. The number of anilines is 1. The lowest BCUT2D eigenvalue weighted by Crippen LogP contribution is -2.66. The van der Waals surface area contributed by atoms with Gasteiger partial charge in [-0.05, 0) is 11.6 Å². The third-order valence-corrected chi connectivity index (χ3v) is 5.04. The standard InChI is InChI=1S/C15H17F2N3O2/c16-15(17)6-14(7-15)8-20(9-14)12-2-1-10(3-18-12)11-4-19(5-11)13(21)22/h1-3,11H,4-9H2,(H,21,22). The van der Waals surface area contributed by atoms with Crippen LogP contribution >= 0.6 is 0 Å². The Hall–Kier alpha value is -1.92. The molecule has 0 unspecified atom stereocenters. The highest BCUT2D eigenvalue weighted by molar-refractivity contribution is 5.66. The number of carboxylic acid groups (broad SMARTS) is 1. The summed E-state index contributed by atoms with van der Waals surface area (Å²) >= 11 is 0. The van der Waals surface area contributed by atoms with Crippen LogP contribution in [-0.4, -0.2) is 53.2 Å². The van der Waals surface area contributed by atoms with Gasteiger partial charge >= 0.3 is 6.09 Å². The summed E-state index contributed by atoms with van der Waals surface area (Å²) in [7, 11) is 0. The van der Waals surface area contributed by atoms with Crippen molar-refractivity contribution in [2.75, 3.05) is 31.1 Å². The van der Waals surface area contributed by atoms with Gasteiger partial charge in [-0.1, -0.05) is 6.07 Å². The number of hydrogen-bond donors (Lipinski definition) is 1. The highest BCUT2D eigenvalue weighted by Crippen LogP contribution is 2.57. The molecule has 22 heavy (non-hydrogen) atoms. The molecule has 0 bridgehead atoms. The van der Waals surface area contributed by atoms with Crippen LogP contribution in [0.2, 0.25) is 0 Å². The van der Waals surface area contributed by atoms with Crippen LogP contribution in [-0.2, 0) is 0 Å². The molecule has 3 aliphatic rings. The molecule has 1 aliphatic carbocycles. The van der Waals surface area contributed by atoms with Gasteiger partial charge in [0.15, 0.2) is 0 Å². The van der Waals surface area contributed by atoms with Gasteiger partial charge in [0.25, 0.3) is 0 Å². The van der Waals surface area contributed by atoms with Gasteiger partial charge < -0.3 is 14.9 Å². The van der Waals surface area contributed by atoms with Gasteiger partial charge in [0.1, 0.15) is 5.82 Å². The highest BCUT2D eigenvalue weighted by atomic mass is 19.3. The zero-order chi connectivity index (χ0) is 15.5. The molecule has 3 heterocycles. The minimum atomic E-state index is -2.47. The minimum absolute atomic E-state index is 0.00167. The second kappa shape index (κ2) is 4.30. The molecular formula is C15H17F2N3O2. The molecule has 118 valence electrons. The number of aromatic nitrogens is 1.